The Hall–Kier alpha value is 0.0300. The number of halogens is 3. The molecule has 13 heavy (non-hydrogen) atoms. The van der Waals surface area contributed by atoms with Crippen molar-refractivity contribution >= 4 is 44.3 Å². The van der Waals surface area contributed by atoms with Crippen LogP contribution >= 0.6 is 38.5 Å². The highest BCUT2D eigenvalue weighted by Crippen LogP contribution is 2.15. The number of carbonyl (C=O) groups excluding carboxylic acids is 1. The van der Waals surface area contributed by atoms with E-state index in [9.17, 15) is 9.18 Å². The van der Waals surface area contributed by atoms with Crippen molar-refractivity contribution in [2.24, 2.45) is 0 Å². The lowest BCUT2D eigenvalue weighted by atomic mass is 10.1. The average molecular weight is 357 g/mol. The van der Waals surface area contributed by atoms with Crippen LogP contribution < -0.4 is 0 Å². The van der Waals surface area contributed by atoms with Gasteiger partial charge in [0.25, 0.3) is 0 Å². The first-order valence-electron chi connectivity index (χ1n) is 3.69. The standard InChI is InChI=1S/C9H7BrFIO/c10-4-3-9(13)7-5-6(11)1-2-8(7)12/h1-2,5H,3-4H2. The summed E-state index contributed by atoms with van der Waals surface area (Å²) >= 11 is 5.20. The van der Waals surface area contributed by atoms with Crippen molar-refractivity contribution in [2.75, 3.05) is 5.33 Å². The van der Waals surface area contributed by atoms with Gasteiger partial charge < -0.3 is 0 Å². The minimum absolute atomic E-state index is 0.0271. The quantitative estimate of drug-likeness (QED) is 0.461. The van der Waals surface area contributed by atoms with E-state index in [1.165, 1.54) is 12.1 Å². The molecule has 1 nitrogen and oxygen atoms in total. The molecule has 0 saturated heterocycles. The molecule has 0 atom stereocenters. The summed E-state index contributed by atoms with van der Waals surface area (Å²) in [5.41, 5.74) is 0.472. The topological polar surface area (TPSA) is 17.1 Å². The summed E-state index contributed by atoms with van der Waals surface area (Å²) in [7, 11) is 0. The van der Waals surface area contributed by atoms with Crippen LogP contribution in [0.3, 0.4) is 0 Å². The fraction of sp³-hybridized carbons (Fsp3) is 0.222. The van der Waals surface area contributed by atoms with Gasteiger partial charge in [-0.05, 0) is 40.8 Å². The predicted octanol–water partition coefficient (Wildman–Crippen LogP) is 3.40. The first-order chi connectivity index (χ1) is 6.15. The van der Waals surface area contributed by atoms with Crippen LogP contribution in [0.25, 0.3) is 0 Å². The molecule has 0 aliphatic rings. The molecule has 0 aliphatic carbocycles. The zero-order valence-electron chi connectivity index (χ0n) is 6.69. The van der Waals surface area contributed by atoms with Gasteiger partial charge in [-0.2, -0.15) is 0 Å². The molecule has 0 radical (unpaired) electrons. The van der Waals surface area contributed by atoms with Crippen molar-refractivity contribution < 1.29 is 9.18 Å². The molecule has 0 aliphatic heterocycles. The smallest absolute Gasteiger partial charge is 0.164 e. The number of Topliss-reactive ketones (excluding diaryl/α,β-unsaturated/α-hetero) is 1. The lowest BCUT2D eigenvalue weighted by molar-refractivity contribution is 0.0988. The van der Waals surface area contributed by atoms with Gasteiger partial charge >= 0.3 is 0 Å². The van der Waals surface area contributed by atoms with E-state index in [4.69, 9.17) is 0 Å². The van der Waals surface area contributed by atoms with Gasteiger partial charge in [-0.3, -0.25) is 4.79 Å². The van der Waals surface area contributed by atoms with E-state index < -0.39 is 0 Å². The number of alkyl halides is 1. The van der Waals surface area contributed by atoms with Gasteiger partial charge in [0.05, 0.1) is 0 Å². The molecule has 0 aromatic heterocycles. The average Bonchev–Trinajstić information content (AvgIpc) is 2.09. The maximum absolute atomic E-state index is 12.8. The van der Waals surface area contributed by atoms with Gasteiger partial charge in [-0.15, -0.1) is 0 Å². The molecule has 0 spiro atoms. The number of benzene rings is 1. The van der Waals surface area contributed by atoms with Crippen LogP contribution in [0.15, 0.2) is 18.2 Å². The Kier molecular flexibility index (Phi) is 4.31. The summed E-state index contributed by atoms with van der Waals surface area (Å²) < 4.78 is 13.6. The summed E-state index contributed by atoms with van der Waals surface area (Å²) in [5.74, 6) is -0.390. The molecule has 0 saturated carbocycles. The van der Waals surface area contributed by atoms with Gasteiger partial charge in [0.1, 0.15) is 5.82 Å². The van der Waals surface area contributed by atoms with E-state index in [-0.39, 0.29) is 11.6 Å². The fourth-order valence-electron chi connectivity index (χ4n) is 0.932. The second-order valence-electron chi connectivity index (χ2n) is 2.49. The number of carbonyl (C=O) groups is 1. The van der Waals surface area contributed by atoms with Crippen LogP contribution in [0, 0.1) is 9.39 Å². The summed E-state index contributed by atoms with van der Waals surface area (Å²) in [6.45, 7) is 0. The Balaban J connectivity index is 2.99. The van der Waals surface area contributed by atoms with Gasteiger partial charge in [0, 0.05) is 20.9 Å². The van der Waals surface area contributed by atoms with Crippen LogP contribution in [0.2, 0.25) is 0 Å². The van der Waals surface area contributed by atoms with Crippen molar-refractivity contribution in [1.29, 1.82) is 0 Å². The van der Waals surface area contributed by atoms with Crippen LogP contribution in [-0.4, -0.2) is 11.1 Å². The molecule has 0 fully saturated rings. The monoisotopic (exact) mass is 356 g/mol. The second kappa shape index (κ2) is 5.05. The lowest BCUT2D eigenvalue weighted by Crippen LogP contribution is -2.02. The van der Waals surface area contributed by atoms with Crippen LogP contribution in [0.4, 0.5) is 4.39 Å². The fourth-order valence-corrected chi connectivity index (χ4v) is 1.93. The lowest BCUT2D eigenvalue weighted by Gasteiger charge is -2.01. The Morgan fingerprint density at radius 2 is 2.23 bits per heavy atom. The first-order valence-corrected chi connectivity index (χ1v) is 5.89. The highest BCUT2D eigenvalue weighted by atomic mass is 127. The molecule has 0 heterocycles. The van der Waals surface area contributed by atoms with E-state index >= 15 is 0 Å². The molecule has 1 aromatic carbocycles. The highest BCUT2D eigenvalue weighted by molar-refractivity contribution is 14.1. The number of hydrogen-bond donors (Lipinski definition) is 0. The molecule has 4 heteroatoms. The summed E-state index contributed by atoms with van der Waals surface area (Å²) in [4.78, 5) is 11.4. The molecule has 70 valence electrons. The molecule has 0 bridgehead atoms. The minimum Gasteiger partial charge on any atom is -0.294 e. The Morgan fingerprint density at radius 1 is 1.54 bits per heavy atom. The van der Waals surface area contributed by atoms with E-state index in [1.54, 1.807) is 6.07 Å². The van der Waals surface area contributed by atoms with Gasteiger partial charge in [0.15, 0.2) is 5.78 Å². The van der Waals surface area contributed by atoms with Crippen molar-refractivity contribution in [3.63, 3.8) is 0 Å². The third-order valence-corrected chi connectivity index (χ3v) is 2.89. The maximum Gasteiger partial charge on any atom is 0.164 e. The largest absolute Gasteiger partial charge is 0.294 e. The summed E-state index contributed by atoms with van der Waals surface area (Å²) in [6.07, 6.45) is 0.402. The van der Waals surface area contributed by atoms with E-state index in [1.807, 2.05) is 22.6 Å². The van der Waals surface area contributed by atoms with Crippen molar-refractivity contribution in [1.82, 2.24) is 0 Å². The van der Waals surface area contributed by atoms with Crippen molar-refractivity contribution in [2.45, 2.75) is 6.42 Å². The zero-order chi connectivity index (χ0) is 9.84. The third-order valence-electron chi connectivity index (χ3n) is 1.55. The molecule has 1 aromatic rings. The Morgan fingerprint density at radius 3 is 2.85 bits per heavy atom. The van der Waals surface area contributed by atoms with Gasteiger partial charge in [-0.1, -0.05) is 15.9 Å². The van der Waals surface area contributed by atoms with E-state index in [0.717, 1.165) is 3.57 Å². The second-order valence-corrected chi connectivity index (χ2v) is 4.44. The Bertz CT molecular complexity index is 327. The number of rotatable bonds is 3. The van der Waals surface area contributed by atoms with E-state index in [0.29, 0.717) is 17.3 Å². The predicted molar refractivity (Wildman–Crippen MR) is 61.9 cm³/mol. The van der Waals surface area contributed by atoms with Crippen molar-refractivity contribution in [3.05, 3.63) is 33.1 Å². The molecule has 0 unspecified atom stereocenters. The highest BCUT2D eigenvalue weighted by Gasteiger charge is 2.09. The minimum atomic E-state index is -0.363. The van der Waals surface area contributed by atoms with E-state index in [2.05, 4.69) is 15.9 Å². The SMILES string of the molecule is O=C(CCBr)c1cc(F)ccc1I. The van der Waals surface area contributed by atoms with Crippen molar-refractivity contribution in [3.8, 4) is 0 Å². The molecule has 0 N–H and O–H groups in total. The normalized spacial score (nSPS) is 10.1. The molecular formula is C9H7BrFIO. The van der Waals surface area contributed by atoms with Crippen LogP contribution in [0.5, 0.6) is 0 Å². The molecule has 1 rings (SSSR count). The summed E-state index contributed by atoms with van der Waals surface area (Å²) in [6, 6.07) is 4.25. The molecular weight excluding hydrogens is 350 g/mol. The van der Waals surface area contributed by atoms with Gasteiger partial charge in [0.2, 0.25) is 0 Å². The number of ketones is 1. The Labute approximate surface area is 98.0 Å². The third kappa shape index (κ3) is 3.02. The number of hydrogen-bond acceptors (Lipinski definition) is 1. The van der Waals surface area contributed by atoms with Gasteiger partial charge in [-0.25, -0.2) is 4.39 Å². The van der Waals surface area contributed by atoms with Crippen LogP contribution in [0.1, 0.15) is 16.8 Å². The molecule has 0 amide bonds. The zero-order valence-corrected chi connectivity index (χ0v) is 10.4. The first kappa shape index (κ1) is 11.1. The summed E-state index contributed by atoms with van der Waals surface area (Å²) in [5, 5.41) is 0.610. The van der Waals surface area contributed by atoms with Crippen LogP contribution in [-0.2, 0) is 0 Å². The maximum atomic E-state index is 12.8.